The summed E-state index contributed by atoms with van der Waals surface area (Å²) < 4.78 is 16.8. The molecule has 1 amide bonds. The smallest absolute Gasteiger partial charge is 0.328 e. The van der Waals surface area contributed by atoms with E-state index in [1.165, 1.54) is 13.2 Å². The molecule has 1 unspecified atom stereocenters. The van der Waals surface area contributed by atoms with Gasteiger partial charge in [-0.3, -0.25) is 13.8 Å². The van der Waals surface area contributed by atoms with Crippen LogP contribution in [-0.2, 0) is 29.9 Å². The van der Waals surface area contributed by atoms with Crippen LogP contribution in [0, 0.1) is 0 Å². The van der Waals surface area contributed by atoms with Crippen molar-refractivity contribution in [3.05, 3.63) is 5.53 Å². The number of esters is 1. The van der Waals surface area contributed by atoms with Gasteiger partial charge in [-0.2, -0.15) is 4.79 Å². The number of amides is 1. The first kappa shape index (κ1) is 20.2. The third kappa shape index (κ3) is 6.72. The summed E-state index contributed by atoms with van der Waals surface area (Å²) in [6.07, 6.45) is 5.48. The van der Waals surface area contributed by atoms with E-state index in [2.05, 4.69) is 10.1 Å². The standard InChI is InChI=1S/C15H23N3O5S/c1-10(24(2)22)14(20)18-13(8-7-11(19)9-17-16)15(21)23-12-5-3-4-6-12/h9-10,12-13H,3-8H2,1-2H3,(H,18,20)/t10-,13-,24?/m0/s1. The van der Waals surface area contributed by atoms with E-state index in [0.717, 1.165) is 31.9 Å². The Morgan fingerprint density at radius 1 is 1.38 bits per heavy atom. The maximum Gasteiger partial charge on any atom is 0.328 e. The SMILES string of the molecule is C[C@@H](C(=O)N[C@@H](CCC(=O)C=[N+]=[N-])C(=O)OC1CCCC1)S(C)=O. The quantitative estimate of drug-likeness (QED) is 0.276. The Labute approximate surface area is 143 Å². The van der Waals surface area contributed by atoms with Crippen LogP contribution in [0.15, 0.2) is 0 Å². The predicted molar refractivity (Wildman–Crippen MR) is 87.7 cm³/mol. The number of rotatable bonds is 9. The predicted octanol–water partition coefficient (Wildman–Crippen LogP) is 0.374. The van der Waals surface area contributed by atoms with E-state index >= 15 is 0 Å². The molecule has 1 N–H and O–H groups in total. The van der Waals surface area contributed by atoms with Crippen molar-refractivity contribution in [1.82, 2.24) is 5.32 Å². The fraction of sp³-hybridized carbons (Fsp3) is 0.733. The summed E-state index contributed by atoms with van der Waals surface area (Å²) >= 11 is 0. The van der Waals surface area contributed by atoms with Gasteiger partial charge in [0.25, 0.3) is 0 Å². The minimum Gasteiger partial charge on any atom is -0.461 e. The minimum absolute atomic E-state index is 0.0191. The van der Waals surface area contributed by atoms with Crippen LogP contribution in [0.4, 0.5) is 0 Å². The molecule has 1 aliphatic rings. The number of nitrogens with one attached hydrogen (secondary N) is 1. The van der Waals surface area contributed by atoms with Gasteiger partial charge in [0.1, 0.15) is 17.4 Å². The molecule has 0 aromatic heterocycles. The second-order valence-electron chi connectivity index (χ2n) is 5.79. The lowest BCUT2D eigenvalue weighted by Gasteiger charge is -2.21. The summed E-state index contributed by atoms with van der Waals surface area (Å²) in [7, 11) is -1.38. The summed E-state index contributed by atoms with van der Waals surface area (Å²) in [6, 6.07) is -1.000. The lowest BCUT2D eigenvalue weighted by molar-refractivity contribution is -0.153. The third-order valence-electron chi connectivity index (χ3n) is 3.93. The van der Waals surface area contributed by atoms with E-state index in [-0.39, 0.29) is 18.9 Å². The van der Waals surface area contributed by atoms with E-state index in [1.807, 2.05) is 0 Å². The van der Waals surface area contributed by atoms with E-state index in [1.54, 1.807) is 0 Å². The van der Waals surface area contributed by atoms with Gasteiger partial charge in [0.15, 0.2) is 0 Å². The number of ether oxygens (including phenoxy) is 1. The third-order valence-corrected chi connectivity index (χ3v) is 5.14. The molecule has 24 heavy (non-hydrogen) atoms. The minimum atomic E-state index is -1.38. The van der Waals surface area contributed by atoms with Crippen molar-refractivity contribution in [3.63, 3.8) is 0 Å². The van der Waals surface area contributed by atoms with E-state index in [0.29, 0.717) is 0 Å². The molecule has 0 bridgehead atoms. The van der Waals surface area contributed by atoms with E-state index in [4.69, 9.17) is 10.3 Å². The molecule has 0 aromatic rings. The Balaban J connectivity index is 2.71. The number of Topliss-reactive ketones (excluding diaryl/α,β-unsaturated/α-hetero) is 1. The van der Waals surface area contributed by atoms with Crippen LogP contribution < -0.4 is 5.32 Å². The fourth-order valence-electron chi connectivity index (χ4n) is 2.36. The van der Waals surface area contributed by atoms with Crippen LogP contribution in [-0.4, -0.2) is 56.5 Å². The zero-order valence-electron chi connectivity index (χ0n) is 13.9. The molecule has 1 aliphatic carbocycles. The van der Waals surface area contributed by atoms with Crippen LogP contribution in [0.1, 0.15) is 45.4 Å². The van der Waals surface area contributed by atoms with Crippen LogP contribution >= 0.6 is 0 Å². The van der Waals surface area contributed by atoms with Crippen molar-refractivity contribution < 1.29 is 28.1 Å². The van der Waals surface area contributed by atoms with Gasteiger partial charge in [-0.15, -0.1) is 0 Å². The molecule has 8 nitrogen and oxygen atoms in total. The molecule has 1 fully saturated rings. The van der Waals surface area contributed by atoms with Crippen molar-refractivity contribution in [2.24, 2.45) is 0 Å². The van der Waals surface area contributed by atoms with E-state index in [9.17, 15) is 18.6 Å². The first-order valence-corrected chi connectivity index (χ1v) is 9.50. The monoisotopic (exact) mass is 357 g/mol. The highest BCUT2D eigenvalue weighted by Crippen LogP contribution is 2.21. The van der Waals surface area contributed by atoms with Gasteiger partial charge in [-0.1, -0.05) is 0 Å². The molecule has 0 aliphatic heterocycles. The highest BCUT2D eigenvalue weighted by Gasteiger charge is 2.29. The molecule has 134 valence electrons. The van der Waals surface area contributed by atoms with Crippen molar-refractivity contribution in [2.45, 2.75) is 62.8 Å². The molecular formula is C15H23N3O5S. The molecule has 0 saturated heterocycles. The normalized spacial score (nSPS) is 18.1. The highest BCUT2D eigenvalue weighted by molar-refractivity contribution is 7.85. The Morgan fingerprint density at radius 2 is 2.00 bits per heavy atom. The summed E-state index contributed by atoms with van der Waals surface area (Å²) in [5.41, 5.74) is 8.33. The molecule has 0 heterocycles. The van der Waals surface area contributed by atoms with Crippen LogP contribution in [0.25, 0.3) is 5.53 Å². The lowest BCUT2D eigenvalue weighted by atomic mass is 10.1. The van der Waals surface area contributed by atoms with Crippen molar-refractivity contribution in [2.75, 3.05) is 6.26 Å². The highest BCUT2D eigenvalue weighted by atomic mass is 32.2. The lowest BCUT2D eigenvalue weighted by Crippen LogP contribution is -2.47. The van der Waals surface area contributed by atoms with Gasteiger partial charge in [0.05, 0.1) is 0 Å². The summed E-state index contributed by atoms with van der Waals surface area (Å²) in [4.78, 5) is 38.4. The Kier molecular flexibility index (Phi) is 8.49. The van der Waals surface area contributed by atoms with Gasteiger partial charge in [-0.05, 0) is 39.0 Å². The van der Waals surface area contributed by atoms with Crippen molar-refractivity contribution in [3.8, 4) is 0 Å². The molecule has 3 atom stereocenters. The largest absolute Gasteiger partial charge is 0.461 e. The Morgan fingerprint density at radius 3 is 2.54 bits per heavy atom. The zero-order chi connectivity index (χ0) is 18.1. The number of carbonyl (C=O) groups is 3. The Hall–Kier alpha value is -1.86. The maximum absolute atomic E-state index is 12.3. The fourth-order valence-corrected chi connectivity index (χ4v) is 2.73. The maximum atomic E-state index is 12.3. The van der Waals surface area contributed by atoms with Gasteiger partial charge >= 0.3 is 12.2 Å². The molecule has 0 spiro atoms. The molecule has 1 saturated carbocycles. The number of hydrogen-bond donors (Lipinski definition) is 1. The second-order valence-corrected chi connectivity index (χ2v) is 7.50. The van der Waals surface area contributed by atoms with Crippen LogP contribution in [0.3, 0.4) is 0 Å². The number of ketones is 1. The summed E-state index contributed by atoms with van der Waals surface area (Å²) in [5, 5.41) is 1.73. The van der Waals surface area contributed by atoms with Gasteiger partial charge in [0, 0.05) is 23.5 Å². The average molecular weight is 357 g/mol. The molecule has 9 heteroatoms. The Bertz CT molecular complexity index is 553. The van der Waals surface area contributed by atoms with E-state index < -0.39 is 39.8 Å². The molecular weight excluding hydrogens is 334 g/mol. The first-order valence-electron chi connectivity index (χ1n) is 7.88. The average Bonchev–Trinajstić information content (AvgIpc) is 3.03. The second kappa shape index (κ2) is 10.1. The van der Waals surface area contributed by atoms with Gasteiger partial charge < -0.3 is 15.6 Å². The van der Waals surface area contributed by atoms with Crippen molar-refractivity contribution in [1.29, 1.82) is 0 Å². The topological polar surface area (TPSA) is 126 Å². The van der Waals surface area contributed by atoms with Gasteiger partial charge in [0.2, 0.25) is 11.7 Å². The zero-order valence-corrected chi connectivity index (χ0v) is 14.7. The molecule has 1 rings (SSSR count). The number of nitrogens with zero attached hydrogens (tertiary/aromatic N) is 2. The summed E-state index contributed by atoms with van der Waals surface area (Å²) in [6.45, 7) is 1.49. The molecule has 0 aromatic carbocycles. The first-order chi connectivity index (χ1) is 11.3. The summed E-state index contributed by atoms with van der Waals surface area (Å²) in [5.74, 6) is -1.61. The van der Waals surface area contributed by atoms with Gasteiger partial charge in [-0.25, -0.2) is 4.79 Å². The molecule has 0 radical (unpaired) electrons. The van der Waals surface area contributed by atoms with Crippen molar-refractivity contribution >= 4 is 34.7 Å². The number of carbonyl (C=O) groups excluding carboxylic acids is 3. The number of hydrogen-bond acceptors (Lipinski definition) is 5. The van der Waals surface area contributed by atoms with Crippen LogP contribution in [0.5, 0.6) is 0 Å². The van der Waals surface area contributed by atoms with Crippen LogP contribution in [0.2, 0.25) is 0 Å².